The summed E-state index contributed by atoms with van der Waals surface area (Å²) in [5.41, 5.74) is 8.69. The highest BCUT2D eigenvalue weighted by Crippen LogP contribution is 2.17. The van der Waals surface area contributed by atoms with Gasteiger partial charge >= 0.3 is 0 Å². The van der Waals surface area contributed by atoms with Gasteiger partial charge in [0.15, 0.2) is 0 Å². The molecule has 0 aliphatic heterocycles. The third kappa shape index (κ3) is 2.21. The predicted octanol–water partition coefficient (Wildman–Crippen LogP) is 2.09. The number of benzene rings is 1. The fraction of sp³-hybridized carbons (Fsp3) is 0.300. The van der Waals surface area contributed by atoms with Crippen LogP contribution in [0.1, 0.15) is 19.4 Å². The Morgan fingerprint density at radius 2 is 2.23 bits per heavy atom. The summed E-state index contributed by atoms with van der Waals surface area (Å²) >= 11 is 0. The molecule has 0 spiro atoms. The Labute approximate surface area is 78.5 Å². The van der Waals surface area contributed by atoms with Crippen LogP contribution < -0.4 is 11.1 Å². The molecule has 3 nitrogen and oxygen atoms in total. The van der Waals surface area contributed by atoms with Crippen LogP contribution in [0.3, 0.4) is 0 Å². The van der Waals surface area contributed by atoms with Crippen LogP contribution in [0.2, 0.25) is 0 Å². The molecule has 0 amide bonds. The summed E-state index contributed by atoms with van der Waals surface area (Å²) in [6.07, 6.45) is 0. The van der Waals surface area contributed by atoms with Gasteiger partial charge in [0, 0.05) is 29.2 Å². The first kappa shape index (κ1) is 9.58. The summed E-state index contributed by atoms with van der Waals surface area (Å²) in [5, 5.41) is 10.7. The number of rotatable bonds is 3. The van der Waals surface area contributed by atoms with Crippen molar-refractivity contribution in [1.82, 2.24) is 0 Å². The average Bonchev–Trinajstić information content (AvgIpc) is 2.08. The van der Waals surface area contributed by atoms with Crippen molar-refractivity contribution in [2.75, 3.05) is 17.6 Å². The zero-order valence-corrected chi connectivity index (χ0v) is 8.02. The SMILES string of the molecule is CCNc1ccc(N)c(C(C)=N)c1. The van der Waals surface area contributed by atoms with E-state index < -0.39 is 0 Å². The quantitative estimate of drug-likeness (QED) is 0.489. The van der Waals surface area contributed by atoms with E-state index in [1.165, 1.54) is 0 Å². The molecule has 0 saturated heterocycles. The standard InChI is InChI=1S/C10H15N3/c1-3-13-8-4-5-10(12)9(6-8)7(2)11/h4-6,11,13H,3,12H2,1-2H3. The van der Waals surface area contributed by atoms with Crippen molar-refractivity contribution in [2.45, 2.75) is 13.8 Å². The minimum absolute atomic E-state index is 0.497. The second-order valence-electron chi connectivity index (χ2n) is 2.96. The van der Waals surface area contributed by atoms with E-state index in [0.29, 0.717) is 11.4 Å². The van der Waals surface area contributed by atoms with Gasteiger partial charge in [-0.05, 0) is 32.0 Å². The molecule has 0 aliphatic carbocycles. The molecular formula is C10H15N3. The number of nitrogens with two attached hydrogens (primary N) is 1. The molecule has 0 unspecified atom stereocenters. The van der Waals surface area contributed by atoms with Crippen LogP contribution in [-0.4, -0.2) is 12.3 Å². The maximum absolute atomic E-state index is 7.50. The van der Waals surface area contributed by atoms with Crippen molar-refractivity contribution >= 4 is 17.1 Å². The number of anilines is 2. The van der Waals surface area contributed by atoms with Gasteiger partial charge in [-0.25, -0.2) is 0 Å². The first-order valence-corrected chi connectivity index (χ1v) is 4.34. The first-order chi connectivity index (χ1) is 6.15. The average molecular weight is 177 g/mol. The van der Waals surface area contributed by atoms with Crippen molar-refractivity contribution in [1.29, 1.82) is 5.41 Å². The molecule has 1 aromatic rings. The predicted molar refractivity (Wildman–Crippen MR) is 57.5 cm³/mol. The Morgan fingerprint density at radius 3 is 2.77 bits per heavy atom. The largest absolute Gasteiger partial charge is 0.398 e. The Balaban J connectivity index is 3.04. The summed E-state index contributed by atoms with van der Waals surface area (Å²) in [7, 11) is 0. The highest BCUT2D eigenvalue weighted by atomic mass is 14.8. The van der Waals surface area contributed by atoms with Crippen LogP contribution in [0, 0.1) is 5.41 Å². The lowest BCUT2D eigenvalue weighted by atomic mass is 10.1. The molecule has 0 saturated carbocycles. The molecule has 70 valence electrons. The molecule has 1 rings (SSSR count). The molecule has 0 atom stereocenters. The van der Waals surface area contributed by atoms with Crippen molar-refractivity contribution < 1.29 is 0 Å². The third-order valence-electron chi connectivity index (χ3n) is 1.84. The lowest BCUT2D eigenvalue weighted by molar-refractivity contribution is 1.21. The minimum Gasteiger partial charge on any atom is -0.398 e. The van der Waals surface area contributed by atoms with Crippen molar-refractivity contribution in [3.05, 3.63) is 23.8 Å². The lowest BCUT2D eigenvalue weighted by Crippen LogP contribution is -2.02. The normalized spacial score (nSPS) is 9.69. The Hall–Kier alpha value is -1.51. The van der Waals surface area contributed by atoms with Gasteiger partial charge in [0.2, 0.25) is 0 Å². The van der Waals surface area contributed by atoms with E-state index in [1.807, 2.05) is 25.1 Å². The van der Waals surface area contributed by atoms with Crippen LogP contribution in [0.4, 0.5) is 11.4 Å². The number of nitrogen functional groups attached to an aromatic ring is 1. The summed E-state index contributed by atoms with van der Waals surface area (Å²) < 4.78 is 0. The zero-order valence-electron chi connectivity index (χ0n) is 8.02. The van der Waals surface area contributed by atoms with Gasteiger partial charge < -0.3 is 16.5 Å². The zero-order chi connectivity index (χ0) is 9.84. The Bertz CT molecular complexity index is 318. The summed E-state index contributed by atoms with van der Waals surface area (Å²) in [6.45, 7) is 4.65. The fourth-order valence-corrected chi connectivity index (χ4v) is 1.20. The second kappa shape index (κ2) is 3.94. The summed E-state index contributed by atoms with van der Waals surface area (Å²) in [5.74, 6) is 0. The van der Waals surface area contributed by atoms with E-state index in [-0.39, 0.29) is 0 Å². The molecule has 0 aromatic heterocycles. The molecule has 4 N–H and O–H groups in total. The van der Waals surface area contributed by atoms with Gasteiger partial charge in [-0.15, -0.1) is 0 Å². The second-order valence-corrected chi connectivity index (χ2v) is 2.96. The van der Waals surface area contributed by atoms with E-state index in [1.54, 1.807) is 6.92 Å². The smallest absolute Gasteiger partial charge is 0.0407 e. The van der Waals surface area contributed by atoms with Crippen LogP contribution in [0.25, 0.3) is 0 Å². The number of hydrogen-bond acceptors (Lipinski definition) is 3. The molecule has 13 heavy (non-hydrogen) atoms. The number of hydrogen-bond donors (Lipinski definition) is 3. The molecule has 0 radical (unpaired) electrons. The van der Waals surface area contributed by atoms with Crippen LogP contribution in [-0.2, 0) is 0 Å². The molecule has 1 aromatic carbocycles. The van der Waals surface area contributed by atoms with Gasteiger partial charge in [0.25, 0.3) is 0 Å². The Kier molecular flexibility index (Phi) is 2.90. The topological polar surface area (TPSA) is 61.9 Å². The minimum atomic E-state index is 0.497. The monoisotopic (exact) mass is 177 g/mol. The molecule has 0 bridgehead atoms. The van der Waals surface area contributed by atoms with Crippen LogP contribution in [0.5, 0.6) is 0 Å². The number of nitrogens with one attached hydrogen (secondary N) is 2. The van der Waals surface area contributed by atoms with E-state index >= 15 is 0 Å². The molecule has 0 aliphatic rings. The fourth-order valence-electron chi connectivity index (χ4n) is 1.20. The van der Waals surface area contributed by atoms with Gasteiger partial charge in [0.05, 0.1) is 0 Å². The molecular weight excluding hydrogens is 162 g/mol. The Morgan fingerprint density at radius 1 is 1.54 bits per heavy atom. The first-order valence-electron chi connectivity index (χ1n) is 4.34. The van der Waals surface area contributed by atoms with E-state index in [4.69, 9.17) is 11.1 Å². The van der Waals surface area contributed by atoms with E-state index in [2.05, 4.69) is 5.32 Å². The van der Waals surface area contributed by atoms with Crippen molar-refractivity contribution in [2.24, 2.45) is 0 Å². The summed E-state index contributed by atoms with van der Waals surface area (Å²) in [6, 6.07) is 5.65. The molecule has 0 fully saturated rings. The third-order valence-corrected chi connectivity index (χ3v) is 1.84. The maximum atomic E-state index is 7.50. The summed E-state index contributed by atoms with van der Waals surface area (Å²) in [4.78, 5) is 0. The van der Waals surface area contributed by atoms with Gasteiger partial charge in [0.1, 0.15) is 0 Å². The van der Waals surface area contributed by atoms with Crippen LogP contribution >= 0.6 is 0 Å². The van der Waals surface area contributed by atoms with E-state index in [0.717, 1.165) is 17.8 Å². The van der Waals surface area contributed by atoms with Crippen molar-refractivity contribution in [3.63, 3.8) is 0 Å². The molecule has 0 heterocycles. The van der Waals surface area contributed by atoms with Gasteiger partial charge in [-0.2, -0.15) is 0 Å². The van der Waals surface area contributed by atoms with Crippen LogP contribution in [0.15, 0.2) is 18.2 Å². The maximum Gasteiger partial charge on any atom is 0.0407 e. The van der Waals surface area contributed by atoms with E-state index in [9.17, 15) is 0 Å². The molecule has 3 heteroatoms. The van der Waals surface area contributed by atoms with Crippen molar-refractivity contribution in [3.8, 4) is 0 Å². The highest BCUT2D eigenvalue weighted by Gasteiger charge is 2.01. The van der Waals surface area contributed by atoms with Gasteiger partial charge in [-0.3, -0.25) is 0 Å². The lowest BCUT2D eigenvalue weighted by Gasteiger charge is -2.08. The van der Waals surface area contributed by atoms with Gasteiger partial charge in [-0.1, -0.05) is 0 Å². The highest BCUT2D eigenvalue weighted by molar-refractivity contribution is 6.01.